The van der Waals surface area contributed by atoms with Gasteiger partial charge in [0, 0.05) is 12.2 Å². The fraction of sp³-hybridized carbons (Fsp3) is 0.500. The minimum atomic E-state index is 0.815. The molecule has 1 aliphatic heterocycles. The Morgan fingerprint density at radius 3 is 3.08 bits per heavy atom. The lowest BCUT2D eigenvalue weighted by molar-refractivity contribution is 0.558. The van der Waals surface area contributed by atoms with Gasteiger partial charge in [0.25, 0.3) is 0 Å². The summed E-state index contributed by atoms with van der Waals surface area (Å²) in [5.74, 6) is 0.815. The molecule has 0 fully saturated rings. The summed E-state index contributed by atoms with van der Waals surface area (Å²) in [7, 11) is 0. The number of hydrogen-bond acceptors (Lipinski definition) is 1. The van der Waals surface area contributed by atoms with E-state index in [1.54, 1.807) is 0 Å². The lowest BCUT2D eigenvalue weighted by atomic mass is 9.98. The first-order chi connectivity index (χ1) is 6.25. The molecule has 13 heavy (non-hydrogen) atoms. The van der Waals surface area contributed by atoms with Gasteiger partial charge in [0.05, 0.1) is 0 Å². The Kier molecular flexibility index (Phi) is 2.26. The number of benzene rings is 1. The van der Waals surface area contributed by atoms with E-state index in [1.807, 2.05) is 0 Å². The number of fused-ring (bicyclic) bond motifs is 1. The van der Waals surface area contributed by atoms with Crippen molar-refractivity contribution >= 4 is 5.69 Å². The van der Waals surface area contributed by atoms with Gasteiger partial charge in [-0.05, 0) is 37.3 Å². The molecule has 0 saturated heterocycles. The predicted molar refractivity (Wildman–Crippen MR) is 57.2 cm³/mol. The Balaban J connectivity index is 2.35. The summed E-state index contributed by atoms with van der Waals surface area (Å²) in [6, 6.07) is 6.70. The largest absolute Gasteiger partial charge is 0.385 e. The van der Waals surface area contributed by atoms with Gasteiger partial charge in [-0.3, -0.25) is 0 Å². The Morgan fingerprint density at radius 1 is 1.38 bits per heavy atom. The first kappa shape index (κ1) is 8.61. The number of aryl methyl sites for hydroxylation is 1. The predicted octanol–water partition coefficient (Wildman–Crippen LogP) is 2.99. The van der Waals surface area contributed by atoms with E-state index in [2.05, 4.69) is 37.4 Å². The molecule has 2 rings (SSSR count). The number of hydrogen-bond donors (Lipinski definition) is 1. The summed E-state index contributed by atoms with van der Waals surface area (Å²) in [6.07, 6.45) is 2.51. The third kappa shape index (κ3) is 1.85. The molecule has 1 aromatic rings. The van der Waals surface area contributed by atoms with E-state index in [-0.39, 0.29) is 0 Å². The van der Waals surface area contributed by atoms with E-state index in [9.17, 15) is 0 Å². The van der Waals surface area contributed by atoms with Crippen molar-refractivity contribution in [3.05, 3.63) is 29.3 Å². The van der Waals surface area contributed by atoms with Crippen molar-refractivity contribution in [2.24, 2.45) is 5.92 Å². The quantitative estimate of drug-likeness (QED) is 0.639. The summed E-state index contributed by atoms with van der Waals surface area (Å²) in [4.78, 5) is 0. The Bertz CT molecular complexity index is 304. The maximum atomic E-state index is 3.48. The molecule has 0 spiro atoms. The third-order valence-electron chi connectivity index (χ3n) is 2.78. The Labute approximate surface area is 80.2 Å². The minimum absolute atomic E-state index is 0.815. The molecule has 1 aliphatic rings. The third-order valence-corrected chi connectivity index (χ3v) is 2.78. The van der Waals surface area contributed by atoms with Gasteiger partial charge in [0.2, 0.25) is 0 Å². The second-order valence-corrected chi connectivity index (χ2v) is 4.19. The van der Waals surface area contributed by atoms with Crippen LogP contribution in [0.25, 0.3) is 0 Å². The molecular formula is C12H17N. The van der Waals surface area contributed by atoms with Crippen molar-refractivity contribution in [3.8, 4) is 0 Å². The fourth-order valence-electron chi connectivity index (χ4n) is 1.99. The summed E-state index contributed by atoms with van der Waals surface area (Å²) >= 11 is 0. The van der Waals surface area contributed by atoms with E-state index in [0.29, 0.717) is 0 Å². The first-order valence-corrected chi connectivity index (χ1v) is 5.09. The SMILES string of the molecule is Cc1ccc2c(c1)CC(C)CCN2. The van der Waals surface area contributed by atoms with Crippen LogP contribution in [0.3, 0.4) is 0 Å². The highest BCUT2D eigenvalue weighted by Gasteiger charge is 2.11. The zero-order valence-corrected chi connectivity index (χ0v) is 8.43. The average Bonchev–Trinajstić information content (AvgIpc) is 2.25. The smallest absolute Gasteiger partial charge is 0.0373 e. The number of anilines is 1. The van der Waals surface area contributed by atoms with Crippen molar-refractivity contribution in [1.82, 2.24) is 0 Å². The first-order valence-electron chi connectivity index (χ1n) is 5.09. The zero-order chi connectivity index (χ0) is 9.26. The summed E-state index contributed by atoms with van der Waals surface area (Å²) in [5.41, 5.74) is 4.20. The molecule has 1 heterocycles. The second-order valence-electron chi connectivity index (χ2n) is 4.19. The summed E-state index contributed by atoms with van der Waals surface area (Å²) in [6.45, 7) is 5.62. The van der Waals surface area contributed by atoms with Crippen molar-refractivity contribution < 1.29 is 0 Å². The molecule has 0 radical (unpaired) electrons. The van der Waals surface area contributed by atoms with E-state index in [1.165, 1.54) is 29.7 Å². The van der Waals surface area contributed by atoms with E-state index < -0.39 is 0 Å². The molecule has 1 heteroatoms. The molecular weight excluding hydrogens is 158 g/mol. The minimum Gasteiger partial charge on any atom is -0.385 e. The standard InChI is InChI=1S/C12H17N/c1-9-3-4-12-11(7-9)8-10(2)5-6-13-12/h3-4,7,10,13H,5-6,8H2,1-2H3. The van der Waals surface area contributed by atoms with Crippen LogP contribution < -0.4 is 5.32 Å². The molecule has 70 valence electrons. The van der Waals surface area contributed by atoms with Crippen LogP contribution in [0.15, 0.2) is 18.2 Å². The van der Waals surface area contributed by atoms with Crippen LogP contribution in [0.2, 0.25) is 0 Å². The van der Waals surface area contributed by atoms with Crippen molar-refractivity contribution in [2.75, 3.05) is 11.9 Å². The number of nitrogens with one attached hydrogen (secondary N) is 1. The van der Waals surface area contributed by atoms with Gasteiger partial charge in [-0.1, -0.05) is 24.6 Å². The number of rotatable bonds is 0. The van der Waals surface area contributed by atoms with Crippen LogP contribution in [-0.4, -0.2) is 6.54 Å². The molecule has 0 aromatic heterocycles. The van der Waals surface area contributed by atoms with Crippen LogP contribution in [0, 0.1) is 12.8 Å². The highest BCUT2D eigenvalue weighted by Crippen LogP contribution is 2.24. The van der Waals surface area contributed by atoms with Crippen molar-refractivity contribution in [2.45, 2.75) is 26.7 Å². The molecule has 1 unspecified atom stereocenters. The molecule has 1 atom stereocenters. The van der Waals surface area contributed by atoms with Gasteiger partial charge in [0.1, 0.15) is 0 Å². The Morgan fingerprint density at radius 2 is 2.23 bits per heavy atom. The molecule has 0 saturated carbocycles. The van der Waals surface area contributed by atoms with Crippen LogP contribution in [-0.2, 0) is 6.42 Å². The van der Waals surface area contributed by atoms with Crippen molar-refractivity contribution in [1.29, 1.82) is 0 Å². The maximum absolute atomic E-state index is 3.48. The van der Waals surface area contributed by atoms with E-state index >= 15 is 0 Å². The Hall–Kier alpha value is -0.980. The zero-order valence-electron chi connectivity index (χ0n) is 8.43. The van der Waals surface area contributed by atoms with Gasteiger partial charge >= 0.3 is 0 Å². The molecule has 1 aromatic carbocycles. The highest BCUT2D eigenvalue weighted by atomic mass is 14.9. The second kappa shape index (κ2) is 3.41. The molecule has 1 nitrogen and oxygen atoms in total. The van der Waals surface area contributed by atoms with Crippen LogP contribution in [0.1, 0.15) is 24.5 Å². The van der Waals surface area contributed by atoms with Crippen molar-refractivity contribution in [3.63, 3.8) is 0 Å². The van der Waals surface area contributed by atoms with Gasteiger partial charge in [-0.25, -0.2) is 0 Å². The lowest BCUT2D eigenvalue weighted by Crippen LogP contribution is -2.01. The van der Waals surface area contributed by atoms with E-state index in [4.69, 9.17) is 0 Å². The topological polar surface area (TPSA) is 12.0 Å². The van der Waals surface area contributed by atoms with Crippen LogP contribution in [0.5, 0.6) is 0 Å². The average molecular weight is 175 g/mol. The van der Waals surface area contributed by atoms with Gasteiger partial charge < -0.3 is 5.32 Å². The maximum Gasteiger partial charge on any atom is 0.0373 e. The molecule has 0 bridgehead atoms. The lowest BCUT2D eigenvalue weighted by Gasteiger charge is -2.08. The van der Waals surface area contributed by atoms with Crippen LogP contribution >= 0.6 is 0 Å². The van der Waals surface area contributed by atoms with Gasteiger partial charge in [-0.15, -0.1) is 0 Å². The van der Waals surface area contributed by atoms with Crippen LogP contribution in [0.4, 0.5) is 5.69 Å². The highest BCUT2D eigenvalue weighted by molar-refractivity contribution is 5.53. The summed E-state index contributed by atoms with van der Waals surface area (Å²) < 4.78 is 0. The van der Waals surface area contributed by atoms with E-state index in [0.717, 1.165) is 12.5 Å². The normalized spacial score (nSPS) is 21.5. The monoisotopic (exact) mass is 175 g/mol. The van der Waals surface area contributed by atoms with Gasteiger partial charge in [-0.2, -0.15) is 0 Å². The molecule has 0 aliphatic carbocycles. The summed E-state index contributed by atoms with van der Waals surface area (Å²) in [5, 5.41) is 3.48. The molecule has 1 N–H and O–H groups in total. The molecule has 0 amide bonds. The fourth-order valence-corrected chi connectivity index (χ4v) is 1.99. The van der Waals surface area contributed by atoms with Gasteiger partial charge in [0.15, 0.2) is 0 Å².